The first-order valence-electron chi connectivity index (χ1n) is 8.61. The first-order chi connectivity index (χ1) is 12.3. The molecule has 26 heavy (non-hydrogen) atoms. The maximum absolute atomic E-state index is 4.39. The average Bonchev–Trinajstić information content (AvgIpc) is 3.00. The highest BCUT2D eigenvalue weighted by molar-refractivity contribution is 7.18. The van der Waals surface area contributed by atoms with Gasteiger partial charge in [0, 0.05) is 11.4 Å². The lowest BCUT2D eigenvalue weighted by molar-refractivity contribution is 0.402. The Bertz CT molecular complexity index is 921. The lowest BCUT2D eigenvalue weighted by atomic mass is 9.94. The number of benzene rings is 1. The molecule has 0 fully saturated rings. The lowest BCUT2D eigenvalue weighted by Gasteiger charge is -2.14. The van der Waals surface area contributed by atoms with Crippen LogP contribution >= 0.6 is 11.3 Å². The van der Waals surface area contributed by atoms with Gasteiger partial charge in [0.2, 0.25) is 0 Å². The predicted octanol–water partition coefficient (Wildman–Crippen LogP) is 4.50. The largest absolute Gasteiger partial charge is 0.305 e. The Morgan fingerprint density at radius 2 is 2.00 bits per heavy atom. The van der Waals surface area contributed by atoms with Crippen LogP contribution in [0.1, 0.15) is 36.8 Å². The van der Waals surface area contributed by atoms with E-state index in [9.17, 15) is 0 Å². The molecule has 0 aliphatic carbocycles. The minimum atomic E-state index is 0.0960. The SMILES string of the molecule is CN(C)Cc1cccc(/C=N/Nc2ncnc3sc(C(C)(C)C)cc23)c1. The van der Waals surface area contributed by atoms with Crippen molar-refractivity contribution in [3.8, 4) is 0 Å². The average molecular weight is 368 g/mol. The first-order valence-corrected chi connectivity index (χ1v) is 9.42. The number of nitrogens with one attached hydrogen (secondary N) is 1. The second kappa shape index (κ2) is 7.51. The molecule has 0 atom stereocenters. The van der Waals surface area contributed by atoms with E-state index in [1.807, 2.05) is 12.3 Å². The van der Waals surface area contributed by atoms with Crippen LogP contribution in [-0.2, 0) is 12.0 Å². The van der Waals surface area contributed by atoms with Gasteiger partial charge in [-0.05, 0) is 42.8 Å². The molecular weight excluding hydrogens is 342 g/mol. The number of anilines is 1. The summed E-state index contributed by atoms with van der Waals surface area (Å²) in [5.41, 5.74) is 5.49. The van der Waals surface area contributed by atoms with Crippen molar-refractivity contribution in [2.45, 2.75) is 32.7 Å². The van der Waals surface area contributed by atoms with Crippen molar-refractivity contribution >= 4 is 33.6 Å². The highest BCUT2D eigenvalue weighted by Crippen LogP contribution is 2.35. The van der Waals surface area contributed by atoms with Gasteiger partial charge >= 0.3 is 0 Å². The maximum atomic E-state index is 4.39. The molecule has 2 heterocycles. The van der Waals surface area contributed by atoms with Gasteiger partial charge in [-0.25, -0.2) is 9.97 Å². The fourth-order valence-corrected chi connectivity index (χ4v) is 3.68. The Labute approximate surface area is 158 Å². The monoisotopic (exact) mass is 367 g/mol. The minimum Gasteiger partial charge on any atom is -0.305 e. The summed E-state index contributed by atoms with van der Waals surface area (Å²) in [5.74, 6) is 0.738. The van der Waals surface area contributed by atoms with Crippen LogP contribution in [-0.4, -0.2) is 35.2 Å². The second-order valence-electron chi connectivity index (χ2n) is 7.65. The Morgan fingerprint density at radius 1 is 1.19 bits per heavy atom. The number of nitrogens with zero attached hydrogens (tertiary/aromatic N) is 4. The number of fused-ring (bicyclic) bond motifs is 1. The number of thiophene rings is 1. The van der Waals surface area contributed by atoms with Gasteiger partial charge in [0.25, 0.3) is 0 Å². The molecular formula is C20H25N5S. The van der Waals surface area contributed by atoms with E-state index in [0.29, 0.717) is 0 Å². The Kier molecular flexibility index (Phi) is 5.34. The summed E-state index contributed by atoms with van der Waals surface area (Å²) in [5, 5.41) is 5.39. The van der Waals surface area contributed by atoms with Crippen LogP contribution in [0.5, 0.6) is 0 Å². The van der Waals surface area contributed by atoms with Gasteiger partial charge in [0.15, 0.2) is 5.82 Å². The molecule has 136 valence electrons. The molecule has 0 aliphatic rings. The van der Waals surface area contributed by atoms with Crippen LogP contribution in [0.3, 0.4) is 0 Å². The molecule has 0 aliphatic heterocycles. The van der Waals surface area contributed by atoms with Crippen LogP contribution in [0.2, 0.25) is 0 Å². The Hall–Kier alpha value is -2.31. The molecule has 0 saturated carbocycles. The van der Waals surface area contributed by atoms with E-state index in [1.54, 1.807) is 17.7 Å². The molecule has 5 nitrogen and oxygen atoms in total. The van der Waals surface area contributed by atoms with Crippen LogP contribution < -0.4 is 5.43 Å². The van der Waals surface area contributed by atoms with Gasteiger partial charge in [0.05, 0.1) is 11.6 Å². The molecule has 1 N–H and O–H groups in total. The highest BCUT2D eigenvalue weighted by atomic mass is 32.1. The number of hydrogen-bond acceptors (Lipinski definition) is 6. The van der Waals surface area contributed by atoms with Gasteiger partial charge < -0.3 is 4.90 Å². The molecule has 0 bridgehead atoms. The molecule has 0 radical (unpaired) electrons. The van der Waals surface area contributed by atoms with Crippen molar-refractivity contribution in [1.29, 1.82) is 0 Å². The van der Waals surface area contributed by atoms with Gasteiger partial charge in [-0.15, -0.1) is 11.3 Å². The third-order valence-corrected chi connectivity index (χ3v) is 5.37. The Morgan fingerprint density at radius 3 is 2.73 bits per heavy atom. The molecule has 0 spiro atoms. The summed E-state index contributed by atoms with van der Waals surface area (Å²) >= 11 is 1.71. The smallest absolute Gasteiger partial charge is 0.158 e. The van der Waals surface area contributed by atoms with E-state index in [0.717, 1.165) is 28.1 Å². The quantitative estimate of drug-likeness (QED) is 0.533. The van der Waals surface area contributed by atoms with Crippen molar-refractivity contribution < 1.29 is 0 Å². The van der Waals surface area contributed by atoms with Gasteiger partial charge in [-0.3, -0.25) is 5.43 Å². The van der Waals surface area contributed by atoms with Crippen molar-refractivity contribution in [3.63, 3.8) is 0 Å². The first kappa shape index (κ1) is 18.5. The van der Waals surface area contributed by atoms with E-state index in [1.165, 1.54) is 10.4 Å². The summed E-state index contributed by atoms with van der Waals surface area (Å²) in [7, 11) is 4.13. The Balaban J connectivity index is 1.79. The summed E-state index contributed by atoms with van der Waals surface area (Å²) in [6.07, 6.45) is 3.41. The zero-order valence-electron chi connectivity index (χ0n) is 15.9. The number of rotatable bonds is 5. The topological polar surface area (TPSA) is 53.4 Å². The van der Waals surface area contributed by atoms with Crippen molar-refractivity contribution in [2.75, 3.05) is 19.5 Å². The summed E-state index contributed by atoms with van der Waals surface area (Å²) in [6.45, 7) is 7.53. The molecule has 3 rings (SSSR count). The van der Waals surface area contributed by atoms with E-state index in [4.69, 9.17) is 0 Å². The van der Waals surface area contributed by atoms with E-state index >= 15 is 0 Å². The molecule has 6 heteroatoms. The summed E-state index contributed by atoms with van der Waals surface area (Å²) in [6, 6.07) is 10.5. The molecule has 3 aromatic rings. The number of hydrogen-bond donors (Lipinski definition) is 1. The predicted molar refractivity (Wildman–Crippen MR) is 111 cm³/mol. The fraction of sp³-hybridized carbons (Fsp3) is 0.350. The van der Waals surface area contributed by atoms with Gasteiger partial charge in [0.1, 0.15) is 11.2 Å². The molecule has 1 aromatic carbocycles. The number of aromatic nitrogens is 2. The van der Waals surface area contributed by atoms with Crippen LogP contribution in [0.15, 0.2) is 41.8 Å². The molecule has 0 unspecified atom stereocenters. The van der Waals surface area contributed by atoms with E-state index < -0.39 is 0 Å². The normalized spacial score (nSPS) is 12.4. The summed E-state index contributed by atoms with van der Waals surface area (Å²) in [4.78, 5) is 13.2. The van der Waals surface area contributed by atoms with Crippen LogP contribution in [0.25, 0.3) is 10.2 Å². The fourth-order valence-electron chi connectivity index (χ4n) is 2.62. The standard InChI is InChI=1S/C20H25N5S/c1-20(2,3)17-10-16-18(21-13-22-19(16)26-17)24-23-11-14-7-6-8-15(9-14)12-25(4)5/h6-11,13H,12H2,1-5H3,(H,21,22,24)/b23-11+. The van der Waals surface area contributed by atoms with Gasteiger partial charge in [-0.1, -0.05) is 39.0 Å². The minimum absolute atomic E-state index is 0.0960. The van der Waals surface area contributed by atoms with Crippen LogP contribution in [0, 0.1) is 0 Å². The van der Waals surface area contributed by atoms with Crippen LogP contribution in [0.4, 0.5) is 5.82 Å². The number of hydrazone groups is 1. The van der Waals surface area contributed by atoms with Gasteiger partial charge in [-0.2, -0.15) is 5.10 Å². The van der Waals surface area contributed by atoms with E-state index in [2.05, 4.69) is 84.5 Å². The third-order valence-electron chi connectivity index (χ3n) is 3.90. The lowest BCUT2D eigenvalue weighted by Crippen LogP contribution is -2.10. The van der Waals surface area contributed by atoms with Crippen molar-refractivity contribution in [2.24, 2.45) is 5.10 Å². The third kappa shape index (κ3) is 4.45. The zero-order chi connectivity index (χ0) is 18.7. The highest BCUT2D eigenvalue weighted by Gasteiger charge is 2.18. The summed E-state index contributed by atoms with van der Waals surface area (Å²) < 4.78 is 0. The zero-order valence-corrected chi connectivity index (χ0v) is 16.8. The molecule has 0 saturated heterocycles. The molecule has 0 amide bonds. The van der Waals surface area contributed by atoms with E-state index in [-0.39, 0.29) is 5.41 Å². The second-order valence-corrected chi connectivity index (χ2v) is 8.69. The maximum Gasteiger partial charge on any atom is 0.158 e. The van der Waals surface area contributed by atoms with Crippen molar-refractivity contribution in [3.05, 3.63) is 52.7 Å². The van der Waals surface area contributed by atoms with Crippen molar-refractivity contribution in [1.82, 2.24) is 14.9 Å². The molecule has 2 aromatic heterocycles.